The van der Waals surface area contributed by atoms with Gasteiger partial charge in [0, 0.05) is 30.3 Å². The minimum atomic E-state index is -3.55. The van der Waals surface area contributed by atoms with Crippen LogP contribution in [0, 0.1) is 6.92 Å². The summed E-state index contributed by atoms with van der Waals surface area (Å²) in [5.74, 6) is 0. The average Bonchev–Trinajstić information content (AvgIpc) is 3.18. The standard InChI is InChI=1S/C16H22N4O3S/c1-11-14-9-13(24(21,22)19-16(2)5-6-16)10-17-15(14)20(18-11)12-3-7-23-8-4-12/h9-10,12,19H,3-8H2,1-2H3. The van der Waals surface area contributed by atoms with Crippen LogP contribution < -0.4 is 4.72 Å². The summed E-state index contributed by atoms with van der Waals surface area (Å²) < 4.78 is 35.2. The molecule has 8 heteroatoms. The predicted molar refractivity (Wildman–Crippen MR) is 89.3 cm³/mol. The lowest BCUT2D eigenvalue weighted by Gasteiger charge is -2.22. The van der Waals surface area contributed by atoms with E-state index in [4.69, 9.17) is 4.74 Å². The Morgan fingerprint density at radius 1 is 1.33 bits per heavy atom. The van der Waals surface area contributed by atoms with E-state index >= 15 is 0 Å². The van der Waals surface area contributed by atoms with Gasteiger partial charge in [0.15, 0.2) is 5.65 Å². The van der Waals surface area contributed by atoms with Crippen molar-refractivity contribution in [3.05, 3.63) is 18.0 Å². The Morgan fingerprint density at radius 2 is 2.04 bits per heavy atom. The van der Waals surface area contributed by atoms with Gasteiger partial charge < -0.3 is 4.74 Å². The summed E-state index contributed by atoms with van der Waals surface area (Å²) in [7, 11) is -3.55. The van der Waals surface area contributed by atoms with Crippen LogP contribution in [0.5, 0.6) is 0 Å². The van der Waals surface area contributed by atoms with Crippen LogP contribution >= 0.6 is 0 Å². The summed E-state index contributed by atoms with van der Waals surface area (Å²) in [5.41, 5.74) is 1.25. The Morgan fingerprint density at radius 3 is 2.71 bits per heavy atom. The molecule has 2 aromatic heterocycles. The lowest BCUT2D eigenvalue weighted by molar-refractivity contribution is 0.0672. The zero-order chi connectivity index (χ0) is 16.9. The highest BCUT2D eigenvalue weighted by atomic mass is 32.2. The largest absolute Gasteiger partial charge is 0.381 e. The van der Waals surface area contributed by atoms with E-state index in [1.165, 1.54) is 6.20 Å². The second kappa shape index (κ2) is 5.50. The average molecular weight is 350 g/mol. The van der Waals surface area contributed by atoms with E-state index in [1.54, 1.807) is 6.07 Å². The van der Waals surface area contributed by atoms with Crippen LogP contribution in [0.2, 0.25) is 0 Å². The molecule has 0 spiro atoms. The van der Waals surface area contributed by atoms with Crippen molar-refractivity contribution in [1.82, 2.24) is 19.5 Å². The fraction of sp³-hybridized carbons (Fsp3) is 0.625. The van der Waals surface area contributed by atoms with Gasteiger partial charge >= 0.3 is 0 Å². The molecule has 7 nitrogen and oxygen atoms in total. The van der Waals surface area contributed by atoms with E-state index in [0.29, 0.717) is 0 Å². The van der Waals surface area contributed by atoms with Crippen LogP contribution in [0.3, 0.4) is 0 Å². The number of rotatable bonds is 4. The molecule has 0 radical (unpaired) electrons. The van der Waals surface area contributed by atoms with Gasteiger partial charge in [-0.1, -0.05) is 0 Å². The molecule has 2 aromatic rings. The van der Waals surface area contributed by atoms with Crippen molar-refractivity contribution in [2.45, 2.75) is 56.0 Å². The minimum absolute atomic E-state index is 0.206. The van der Waals surface area contributed by atoms with Crippen molar-refractivity contribution in [3.63, 3.8) is 0 Å². The van der Waals surface area contributed by atoms with Gasteiger partial charge in [-0.2, -0.15) is 5.10 Å². The van der Waals surface area contributed by atoms with Gasteiger partial charge in [0.05, 0.1) is 11.7 Å². The van der Waals surface area contributed by atoms with Gasteiger partial charge in [-0.05, 0) is 45.6 Å². The lowest BCUT2D eigenvalue weighted by atomic mass is 10.1. The quantitative estimate of drug-likeness (QED) is 0.910. The monoisotopic (exact) mass is 350 g/mol. The van der Waals surface area contributed by atoms with Crippen LogP contribution in [-0.4, -0.2) is 41.9 Å². The van der Waals surface area contributed by atoms with Crippen molar-refractivity contribution in [3.8, 4) is 0 Å². The molecule has 1 aliphatic heterocycles. The molecule has 0 aromatic carbocycles. The molecular formula is C16H22N4O3S. The Balaban J connectivity index is 1.72. The van der Waals surface area contributed by atoms with Crippen LogP contribution in [0.25, 0.3) is 11.0 Å². The molecule has 0 atom stereocenters. The number of aromatic nitrogens is 3. The third kappa shape index (κ3) is 2.82. The summed E-state index contributed by atoms with van der Waals surface area (Å²) in [6, 6.07) is 1.95. The van der Waals surface area contributed by atoms with Gasteiger partial charge in [-0.25, -0.2) is 22.8 Å². The number of ether oxygens (including phenoxy) is 1. The smallest absolute Gasteiger partial charge is 0.242 e. The zero-order valence-electron chi connectivity index (χ0n) is 13.9. The van der Waals surface area contributed by atoms with Crippen molar-refractivity contribution >= 4 is 21.1 Å². The number of hydrogen-bond donors (Lipinski definition) is 1. The van der Waals surface area contributed by atoms with Gasteiger partial charge in [-0.15, -0.1) is 0 Å². The van der Waals surface area contributed by atoms with E-state index in [0.717, 1.165) is 55.6 Å². The first-order valence-corrected chi connectivity index (χ1v) is 9.83. The number of nitrogens with one attached hydrogen (secondary N) is 1. The van der Waals surface area contributed by atoms with Crippen LogP contribution in [0.1, 0.15) is 44.3 Å². The number of sulfonamides is 1. The number of pyridine rings is 1. The number of aryl methyl sites for hydroxylation is 1. The van der Waals surface area contributed by atoms with Gasteiger partial charge in [0.25, 0.3) is 0 Å². The predicted octanol–water partition coefficient (Wildman–Crippen LogP) is 1.92. The Kier molecular flexibility index (Phi) is 3.67. The molecule has 3 heterocycles. The molecule has 0 unspecified atom stereocenters. The zero-order valence-corrected chi connectivity index (χ0v) is 14.8. The van der Waals surface area contributed by atoms with Gasteiger partial charge in [-0.3, -0.25) is 0 Å². The Labute approximate surface area is 141 Å². The number of nitrogens with zero attached hydrogens (tertiary/aromatic N) is 3. The topological polar surface area (TPSA) is 86.1 Å². The fourth-order valence-corrected chi connectivity index (χ4v) is 4.59. The molecule has 2 fully saturated rings. The molecule has 1 aliphatic carbocycles. The fourth-order valence-electron chi connectivity index (χ4n) is 3.15. The highest BCUT2D eigenvalue weighted by Crippen LogP contribution is 2.36. The highest BCUT2D eigenvalue weighted by Gasteiger charge is 2.41. The lowest BCUT2D eigenvalue weighted by Crippen LogP contribution is -2.34. The minimum Gasteiger partial charge on any atom is -0.381 e. The Hall–Kier alpha value is -1.51. The van der Waals surface area contributed by atoms with Crippen molar-refractivity contribution in [1.29, 1.82) is 0 Å². The molecule has 24 heavy (non-hydrogen) atoms. The van der Waals surface area contributed by atoms with E-state index < -0.39 is 10.0 Å². The second-order valence-electron chi connectivity index (χ2n) is 7.08. The van der Waals surface area contributed by atoms with Crippen LogP contribution in [-0.2, 0) is 14.8 Å². The summed E-state index contributed by atoms with van der Waals surface area (Å²) in [6.07, 6.45) is 4.99. The molecule has 130 valence electrons. The first-order valence-electron chi connectivity index (χ1n) is 8.35. The number of fused-ring (bicyclic) bond motifs is 1. The molecule has 0 amide bonds. The van der Waals surface area contributed by atoms with E-state index in [-0.39, 0.29) is 16.5 Å². The summed E-state index contributed by atoms with van der Waals surface area (Å²) in [4.78, 5) is 4.64. The third-order valence-corrected chi connectivity index (χ3v) is 6.54. The SMILES string of the molecule is Cc1nn(C2CCOCC2)c2ncc(S(=O)(=O)NC3(C)CC3)cc12. The van der Waals surface area contributed by atoms with Crippen LogP contribution in [0.15, 0.2) is 17.2 Å². The van der Waals surface area contributed by atoms with E-state index in [9.17, 15) is 8.42 Å². The summed E-state index contributed by atoms with van der Waals surface area (Å²) in [6.45, 7) is 5.26. The summed E-state index contributed by atoms with van der Waals surface area (Å²) in [5, 5.41) is 5.40. The van der Waals surface area contributed by atoms with Crippen molar-refractivity contribution < 1.29 is 13.2 Å². The van der Waals surface area contributed by atoms with Crippen molar-refractivity contribution in [2.24, 2.45) is 0 Å². The van der Waals surface area contributed by atoms with Crippen LogP contribution in [0.4, 0.5) is 0 Å². The third-order valence-electron chi connectivity index (χ3n) is 4.93. The number of hydrogen-bond acceptors (Lipinski definition) is 5. The van der Waals surface area contributed by atoms with Gasteiger partial charge in [0.1, 0.15) is 4.90 Å². The maximum absolute atomic E-state index is 12.6. The van der Waals surface area contributed by atoms with E-state index in [1.807, 2.05) is 18.5 Å². The van der Waals surface area contributed by atoms with Crippen molar-refractivity contribution in [2.75, 3.05) is 13.2 Å². The first kappa shape index (κ1) is 16.0. The molecule has 4 rings (SSSR count). The maximum atomic E-state index is 12.6. The molecule has 0 bridgehead atoms. The summed E-state index contributed by atoms with van der Waals surface area (Å²) >= 11 is 0. The highest BCUT2D eigenvalue weighted by molar-refractivity contribution is 7.89. The molecule has 1 saturated carbocycles. The molecule has 2 aliphatic rings. The van der Waals surface area contributed by atoms with Gasteiger partial charge in [0.2, 0.25) is 10.0 Å². The normalized spacial score (nSPS) is 21.2. The Bertz CT molecular complexity index is 880. The second-order valence-corrected chi connectivity index (χ2v) is 8.76. The molecule has 1 saturated heterocycles. The maximum Gasteiger partial charge on any atom is 0.242 e. The first-order chi connectivity index (χ1) is 11.4. The molecular weight excluding hydrogens is 328 g/mol. The molecule has 1 N–H and O–H groups in total. The van der Waals surface area contributed by atoms with E-state index in [2.05, 4.69) is 14.8 Å².